The van der Waals surface area contributed by atoms with Crippen molar-refractivity contribution in [3.05, 3.63) is 60.4 Å². The van der Waals surface area contributed by atoms with Gasteiger partial charge in [-0.05, 0) is 44.1 Å². The van der Waals surface area contributed by atoms with Gasteiger partial charge in [-0.1, -0.05) is 30.3 Å². The molecule has 0 aliphatic carbocycles. The zero-order chi connectivity index (χ0) is 20.1. The van der Waals surface area contributed by atoms with Gasteiger partial charge in [-0.2, -0.15) is 0 Å². The number of methoxy groups -OCH3 is 1. The maximum absolute atomic E-state index is 12.6. The number of aromatic nitrogens is 2. The van der Waals surface area contributed by atoms with Gasteiger partial charge < -0.3 is 14.6 Å². The smallest absolute Gasteiger partial charge is 0.221 e. The van der Waals surface area contributed by atoms with Crippen molar-refractivity contribution in [2.75, 3.05) is 26.7 Å². The third-order valence-corrected chi connectivity index (χ3v) is 5.68. The lowest BCUT2D eigenvalue weighted by molar-refractivity contribution is -0.121. The van der Waals surface area contributed by atoms with E-state index in [1.165, 1.54) is 12.8 Å². The fourth-order valence-corrected chi connectivity index (χ4v) is 4.14. The van der Waals surface area contributed by atoms with Crippen LogP contribution < -0.4 is 10.1 Å². The van der Waals surface area contributed by atoms with Crippen molar-refractivity contribution in [2.24, 2.45) is 0 Å². The molecule has 1 unspecified atom stereocenters. The highest BCUT2D eigenvalue weighted by molar-refractivity contribution is 5.77. The van der Waals surface area contributed by atoms with Crippen LogP contribution in [0.1, 0.15) is 30.9 Å². The SMILES string of the molecule is COc1ccccc1C(CNC(=O)CCn1cnc2ccccc21)N1CCCC1. The molecule has 2 aromatic carbocycles. The number of hydrogen-bond acceptors (Lipinski definition) is 4. The van der Waals surface area contributed by atoms with Crippen LogP contribution in [0, 0.1) is 0 Å². The van der Waals surface area contributed by atoms with Gasteiger partial charge in [-0.25, -0.2) is 4.98 Å². The third kappa shape index (κ3) is 4.43. The second-order valence-electron chi connectivity index (χ2n) is 7.48. The first kappa shape index (κ1) is 19.5. The van der Waals surface area contributed by atoms with Crippen molar-refractivity contribution in [1.82, 2.24) is 19.8 Å². The van der Waals surface area contributed by atoms with E-state index in [1.54, 1.807) is 13.4 Å². The summed E-state index contributed by atoms with van der Waals surface area (Å²) in [7, 11) is 1.70. The van der Waals surface area contributed by atoms with Crippen LogP contribution >= 0.6 is 0 Å². The van der Waals surface area contributed by atoms with E-state index in [1.807, 2.05) is 47.0 Å². The number of fused-ring (bicyclic) bond motifs is 1. The minimum atomic E-state index is 0.0573. The first-order chi connectivity index (χ1) is 14.3. The Labute approximate surface area is 171 Å². The maximum atomic E-state index is 12.6. The molecule has 29 heavy (non-hydrogen) atoms. The Morgan fingerprint density at radius 3 is 2.72 bits per heavy atom. The Bertz CT molecular complexity index is 962. The van der Waals surface area contributed by atoms with E-state index < -0.39 is 0 Å². The molecule has 1 amide bonds. The van der Waals surface area contributed by atoms with Crippen LogP contribution in [0.15, 0.2) is 54.9 Å². The van der Waals surface area contributed by atoms with Crippen molar-refractivity contribution < 1.29 is 9.53 Å². The number of nitrogens with zero attached hydrogens (tertiary/aromatic N) is 3. The number of carbonyl (C=O) groups excluding carboxylic acids is 1. The molecule has 1 aliphatic rings. The van der Waals surface area contributed by atoms with Gasteiger partial charge in [-0.3, -0.25) is 9.69 Å². The summed E-state index contributed by atoms with van der Waals surface area (Å²) in [5, 5.41) is 3.15. The summed E-state index contributed by atoms with van der Waals surface area (Å²) >= 11 is 0. The van der Waals surface area contributed by atoms with Crippen molar-refractivity contribution in [3.63, 3.8) is 0 Å². The Morgan fingerprint density at radius 1 is 1.14 bits per heavy atom. The number of hydrogen-bond donors (Lipinski definition) is 1. The number of imidazole rings is 1. The monoisotopic (exact) mass is 392 g/mol. The molecule has 2 heterocycles. The molecule has 6 heteroatoms. The first-order valence-corrected chi connectivity index (χ1v) is 10.3. The number of aryl methyl sites for hydroxylation is 1. The number of ether oxygens (including phenoxy) is 1. The highest BCUT2D eigenvalue weighted by atomic mass is 16.5. The largest absolute Gasteiger partial charge is 0.496 e. The summed E-state index contributed by atoms with van der Waals surface area (Å²) in [4.78, 5) is 19.4. The van der Waals surface area contributed by atoms with Crippen molar-refractivity contribution in [1.29, 1.82) is 0 Å². The van der Waals surface area contributed by atoms with E-state index in [9.17, 15) is 4.79 Å². The number of benzene rings is 2. The number of nitrogens with one attached hydrogen (secondary N) is 1. The molecule has 0 saturated carbocycles. The van der Waals surface area contributed by atoms with Gasteiger partial charge in [-0.15, -0.1) is 0 Å². The molecule has 0 bridgehead atoms. The van der Waals surface area contributed by atoms with Crippen LogP contribution in [-0.4, -0.2) is 47.1 Å². The molecule has 152 valence electrons. The molecule has 1 saturated heterocycles. The van der Waals surface area contributed by atoms with Crippen LogP contribution in [0.4, 0.5) is 0 Å². The lowest BCUT2D eigenvalue weighted by atomic mass is 10.0. The van der Waals surface area contributed by atoms with Crippen LogP contribution in [0.3, 0.4) is 0 Å². The summed E-state index contributed by atoms with van der Waals surface area (Å²) in [6.45, 7) is 3.32. The van der Waals surface area contributed by atoms with Crippen molar-refractivity contribution in [3.8, 4) is 5.75 Å². The number of carbonyl (C=O) groups is 1. The minimum absolute atomic E-state index is 0.0573. The summed E-state index contributed by atoms with van der Waals surface area (Å²) in [6.07, 6.45) is 4.64. The number of rotatable bonds is 8. The van der Waals surface area contributed by atoms with Crippen LogP contribution in [-0.2, 0) is 11.3 Å². The van der Waals surface area contributed by atoms with E-state index in [4.69, 9.17) is 4.74 Å². The summed E-state index contributed by atoms with van der Waals surface area (Å²) < 4.78 is 7.62. The van der Waals surface area contributed by atoms with Gasteiger partial charge in [0.25, 0.3) is 0 Å². The van der Waals surface area contributed by atoms with E-state index in [0.717, 1.165) is 35.4 Å². The minimum Gasteiger partial charge on any atom is -0.496 e. The van der Waals surface area contributed by atoms with E-state index in [0.29, 0.717) is 19.5 Å². The average Bonchev–Trinajstić information content (AvgIpc) is 3.43. The third-order valence-electron chi connectivity index (χ3n) is 5.68. The molecule has 4 rings (SSSR count). The molecule has 1 atom stereocenters. The number of likely N-dealkylation sites (tertiary alicyclic amines) is 1. The molecular weight excluding hydrogens is 364 g/mol. The van der Waals surface area contributed by atoms with Crippen LogP contribution in [0.2, 0.25) is 0 Å². The molecule has 1 aliphatic heterocycles. The molecule has 1 N–H and O–H groups in total. The van der Waals surface area contributed by atoms with Crippen molar-refractivity contribution in [2.45, 2.75) is 31.8 Å². The lowest BCUT2D eigenvalue weighted by Gasteiger charge is -2.29. The molecule has 0 radical (unpaired) electrons. The fraction of sp³-hybridized carbons (Fsp3) is 0.391. The quantitative estimate of drug-likeness (QED) is 0.638. The highest BCUT2D eigenvalue weighted by Crippen LogP contribution is 2.31. The highest BCUT2D eigenvalue weighted by Gasteiger charge is 2.26. The van der Waals surface area contributed by atoms with Crippen LogP contribution in [0.25, 0.3) is 11.0 Å². The Kier molecular flexibility index (Phi) is 6.10. The molecular formula is C23H28N4O2. The second-order valence-corrected chi connectivity index (χ2v) is 7.48. The summed E-state index contributed by atoms with van der Waals surface area (Å²) in [5.41, 5.74) is 3.15. The van der Waals surface area contributed by atoms with Gasteiger partial charge in [0, 0.05) is 25.1 Å². The topological polar surface area (TPSA) is 59.4 Å². The van der Waals surface area contributed by atoms with Gasteiger partial charge in [0.2, 0.25) is 5.91 Å². The van der Waals surface area contributed by atoms with Crippen molar-refractivity contribution >= 4 is 16.9 Å². The van der Waals surface area contributed by atoms with Crippen LogP contribution in [0.5, 0.6) is 5.75 Å². The number of amides is 1. The molecule has 3 aromatic rings. The van der Waals surface area contributed by atoms with E-state index in [2.05, 4.69) is 21.3 Å². The average molecular weight is 393 g/mol. The second kappa shape index (κ2) is 9.09. The molecule has 1 aromatic heterocycles. The molecule has 0 spiro atoms. The zero-order valence-electron chi connectivity index (χ0n) is 16.9. The standard InChI is InChI=1S/C23H28N4O2/c1-29-22-11-5-2-8-18(22)21(26-13-6-7-14-26)16-24-23(28)12-15-27-17-25-19-9-3-4-10-20(19)27/h2-5,8-11,17,21H,6-7,12-16H2,1H3,(H,24,28). The summed E-state index contributed by atoms with van der Waals surface area (Å²) in [5.74, 6) is 0.936. The Morgan fingerprint density at radius 2 is 1.90 bits per heavy atom. The van der Waals surface area contributed by atoms with Gasteiger partial charge in [0.05, 0.1) is 30.5 Å². The first-order valence-electron chi connectivity index (χ1n) is 10.3. The predicted octanol–water partition coefficient (Wildman–Crippen LogP) is 3.39. The maximum Gasteiger partial charge on any atom is 0.221 e. The molecule has 6 nitrogen and oxygen atoms in total. The van der Waals surface area contributed by atoms with Gasteiger partial charge >= 0.3 is 0 Å². The van der Waals surface area contributed by atoms with E-state index in [-0.39, 0.29) is 11.9 Å². The number of para-hydroxylation sites is 3. The summed E-state index contributed by atoms with van der Waals surface area (Å²) in [6, 6.07) is 16.2. The Hall–Kier alpha value is -2.86. The Balaban J connectivity index is 1.39. The lowest BCUT2D eigenvalue weighted by Crippen LogP contribution is -2.37. The van der Waals surface area contributed by atoms with E-state index >= 15 is 0 Å². The normalized spacial score (nSPS) is 15.5. The predicted molar refractivity (Wildman–Crippen MR) is 114 cm³/mol. The zero-order valence-corrected chi connectivity index (χ0v) is 16.9. The van der Waals surface area contributed by atoms with Gasteiger partial charge in [0.1, 0.15) is 5.75 Å². The van der Waals surface area contributed by atoms with Gasteiger partial charge in [0.15, 0.2) is 0 Å². The fourth-order valence-electron chi connectivity index (χ4n) is 4.14. The molecule has 1 fully saturated rings.